The molecular formula is C10H21N3O. The van der Waals surface area contributed by atoms with Crippen LogP contribution in [0.2, 0.25) is 0 Å². The molecule has 0 aromatic heterocycles. The molecule has 4 nitrogen and oxygen atoms in total. The molecule has 1 aliphatic rings. The van der Waals surface area contributed by atoms with Crippen LogP contribution in [-0.4, -0.2) is 31.1 Å². The van der Waals surface area contributed by atoms with Gasteiger partial charge in [-0.15, -0.1) is 0 Å². The fraction of sp³-hybridized carbons (Fsp3) is 0.900. The molecule has 1 amide bonds. The maximum atomic E-state index is 11.6. The summed E-state index contributed by atoms with van der Waals surface area (Å²) in [7, 11) is 3.59. The third-order valence-corrected chi connectivity index (χ3v) is 2.79. The Morgan fingerprint density at radius 2 is 1.93 bits per heavy atom. The summed E-state index contributed by atoms with van der Waals surface area (Å²) < 4.78 is 0. The molecule has 0 radical (unpaired) electrons. The predicted molar refractivity (Wildman–Crippen MR) is 56.4 cm³/mol. The van der Waals surface area contributed by atoms with Gasteiger partial charge in [-0.2, -0.15) is 0 Å². The first-order chi connectivity index (χ1) is 6.61. The van der Waals surface area contributed by atoms with Gasteiger partial charge in [0.15, 0.2) is 0 Å². The van der Waals surface area contributed by atoms with Crippen LogP contribution < -0.4 is 11.2 Å². The predicted octanol–water partition coefficient (Wildman–Crippen LogP) is 0.487. The lowest BCUT2D eigenvalue weighted by Gasteiger charge is -2.27. The highest BCUT2D eigenvalue weighted by atomic mass is 16.2. The molecule has 82 valence electrons. The minimum absolute atomic E-state index is 0.0538. The number of nitrogens with zero attached hydrogens (tertiary/aromatic N) is 1. The van der Waals surface area contributed by atoms with Crippen LogP contribution in [0, 0.1) is 5.92 Å². The Bertz CT molecular complexity index is 188. The first-order valence-corrected chi connectivity index (χ1v) is 5.34. The summed E-state index contributed by atoms with van der Waals surface area (Å²) in [4.78, 5) is 11.6. The molecule has 1 rings (SSSR count). The van der Waals surface area contributed by atoms with E-state index in [-0.39, 0.29) is 11.9 Å². The van der Waals surface area contributed by atoms with Gasteiger partial charge >= 0.3 is 0 Å². The molecule has 0 spiro atoms. The molecule has 0 bridgehead atoms. The van der Waals surface area contributed by atoms with Crippen LogP contribution in [0.1, 0.15) is 32.1 Å². The molecule has 14 heavy (non-hydrogen) atoms. The zero-order valence-corrected chi connectivity index (χ0v) is 9.12. The van der Waals surface area contributed by atoms with Crippen LogP contribution >= 0.6 is 0 Å². The second-order valence-corrected chi connectivity index (χ2v) is 4.29. The Morgan fingerprint density at radius 1 is 1.36 bits per heavy atom. The molecule has 1 atom stereocenters. The molecule has 1 saturated carbocycles. The van der Waals surface area contributed by atoms with Crippen molar-refractivity contribution in [3.05, 3.63) is 0 Å². The minimum Gasteiger partial charge on any atom is -0.320 e. The van der Waals surface area contributed by atoms with E-state index in [0.717, 1.165) is 12.8 Å². The first kappa shape index (κ1) is 11.5. The lowest BCUT2D eigenvalue weighted by molar-refractivity contribution is -0.127. The zero-order chi connectivity index (χ0) is 10.6. The largest absolute Gasteiger partial charge is 0.320 e. The quantitative estimate of drug-likeness (QED) is 0.650. The SMILES string of the molecule is CN(C)NC(=O)C(N)C1CCCCC1. The van der Waals surface area contributed by atoms with Crippen molar-refractivity contribution in [3.8, 4) is 0 Å². The fourth-order valence-electron chi connectivity index (χ4n) is 2.00. The summed E-state index contributed by atoms with van der Waals surface area (Å²) in [5, 5.41) is 1.64. The Balaban J connectivity index is 2.38. The standard InChI is InChI=1S/C10H21N3O/c1-13(2)12-10(14)9(11)8-6-4-3-5-7-8/h8-9H,3-7,11H2,1-2H3,(H,12,14). The van der Waals surface area contributed by atoms with Gasteiger partial charge in [0.2, 0.25) is 0 Å². The van der Waals surface area contributed by atoms with Crippen molar-refractivity contribution >= 4 is 5.91 Å². The van der Waals surface area contributed by atoms with Gasteiger partial charge in [0, 0.05) is 14.1 Å². The lowest BCUT2D eigenvalue weighted by Crippen LogP contribution is -2.50. The van der Waals surface area contributed by atoms with Gasteiger partial charge in [0.25, 0.3) is 5.91 Å². The molecule has 0 aliphatic heterocycles. The van der Waals surface area contributed by atoms with E-state index >= 15 is 0 Å². The Hall–Kier alpha value is -0.610. The van der Waals surface area contributed by atoms with Crippen LogP contribution in [0.5, 0.6) is 0 Å². The van der Waals surface area contributed by atoms with E-state index in [9.17, 15) is 4.79 Å². The summed E-state index contributed by atoms with van der Waals surface area (Å²) in [5.41, 5.74) is 8.61. The van der Waals surface area contributed by atoms with Gasteiger partial charge in [-0.25, -0.2) is 5.01 Å². The van der Waals surface area contributed by atoms with E-state index in [1.54, 1.807) is 19.1 Å². The van der Waals surface area contributed by atoms with Crippen molar-refractivity contribution in [2.75, 3.05) is 14.1 Å². The molecule has 4 heteroatoms. The summed E-state index contributed by atoms with van der Waals surface area (Å²) in [5.74, 6) is 0.325. The fourth-order valence-corrected chi connectivity index (χ4v) is 2.00. The van der Waals surface area contributed by atoms with Crippen molar-refractivity contribution in [1.82, 2.24) is 10.4 Å². The molecule has 0 heterocycles. The monoisotopic (exact) mass is 199 g/mol. The number of hydrogen-bond acceptors (Lipinski definition) is 3. The summed E-state index contributed by atoms with van der Waals surface area (Å²) in [6.07, 6.45) is 5.92. The van der Waals surface area contributed by atoms with Crippen LogP contribution in [0.25, 0.3) is 0 Å². The topological polar surface area (TPSA) is 58.4 Å². The molecule has 0 aromatic carbocycles. The maximum Gasteiger partial charge on any atom is 0.251 e. The average molecular weight is 199 g/mol. The normalized spacial score (nSPS) is 20.9. The zero-order valence-electron chi connectivity index (χ0n) is 9.12. The number of hydrogen-bond donors (Lipinski definition) is 2. The number of nitrogens with two attached hydrogens (primary N) is 1. The summed E-state index contributed by atoms with van der Waals surface area (Å²) >= 11 is 0. The number of rotatable bonds is 3. The van der Waals surface area contributed by atoms with E-state index in [2.05, 4.69) is 5.43 Å². The van der Waals surface area contributed by atoms with Crippen LogP contribution in [-0.2, 0) is 4.79 Å². The van der Waals surface area contributed by atoms with Gasteiger partial charge in [-0.3, -0.25) is 10.2 Å². The highest BCUT2D eigenvalue weighted by Gasteiger charge is 2.26. The molecule has 1 unspecified atom stereocenters. The highest BCUT2D eigenvalue weighted by Crippen LogP contribution is 2.25. The molecule has 1 fully saturated rings. The molecule has 1 aliphatic carbocycles. The third-order valence-electron chi connectivity index (χ3n) is 2.79. The van der Waals surface area contributed by atoms with Crippen molar-refractivity contribution < 1.29 is 4.79 Å². The van der Waals surface area contributed by atoms with E-state index in [1.807, 2.05) is 0 Å². The molecular weight excluding hydrogens is 178 g/mol. The Kier molecular flexibility index (Phi) is 4.35. The number of hydrazine groups is 1. The van der Waals surface area contributed by atoms with Gasteiger partial charge in [-0.05, 0) is 18.8 Å². The average Bonchev–Trinajstić information content (AvgIpc) is 2.17. The third kappa shape index (κ3) is 3.27. The molecule has 0 saturated heterocycles. The van der Waals surface area contributed by atoms with E-state index in [4.69, 9.17) is 5.73 Å². The smallest absolute Gasteiger partial charge is 0.251 e. The Morgan fingerprint density at radius 3 is 2.43 bits per heavy atom. The second kappa shape index (κ2) is 5.32. The number of carbonyl (C=O) groups excluding carboxylic acids is 1. The van der Waals surface area contributed by atoms with Crippen molar-refractivity contribution in [3.63, 3.8) is 0 Å². The minimum atomic E-state index is -0.335. The van der Waals surface area contributed by atoms with Crippen LogP contribution in [0.15, 0.2) is 0 Å². The first-order valence-electron chi connectivity index (χ1n) is 5.34. The van der Waals surface area contributed by atoms with Gasteiger partial charge in [0.05, 0.1) is 6.04 Å². The van der Waals surface area contributed by atoms with E-state index < -0.39 is 0 Å². The maximum absolute atomic E-state index is 11.6. The van der Waals surface area contributed by atoms with Gasteiger partial charge in [-0.1, -0.05) is 19.3 Å². The van der Waals surface area contributed by atoms with Crippen molar-refractivity contribution in [2.24, 2.45) is 11.7 Å². The lowest BCUT2D eigenvalue weighted by atomic mass is 9.84. The van der Waals surface area contributed by atoms with Crippen LogP contribution in [0.3, 0.4) is 0 Å². The van der Waals surface area contributed by atoms with Crippen LogP contribution in [0.4, 0.5) is 0 Å². The van der Waals surface area contributed by atoms with Crippen molar-refractivity contribution in [2.45, 2.75) is 38.1 Å². The molecule has 0 aromatic rings. The van der Waals surface area contributed by atoms with Gasteiger partial charge in [0.1, 0.15) is 0 Å². The highest BCUT2D eigenvalue weighted by molar-refractivity contribution is 5.81. The Labute approximate surface area is 85.8 Å². The number of carbonyl (C=O) groups is 1. The molecule has 3 N–H and O–H groups in total. The number of nitrogens with one attached hydrogen (secondary N) is 1. The second-order valence-electron chi connectivity index (χ2n) is 4.29. The summed E-state index contributed by atoms with van der Waals surface area (Å²) in [6.45, 7) is 0. The number of amides is 1. The summed E-state index contributed by atoms with van der Waals surface area (Å²) in [6, 6.07) is -0.335. The van der Waals surface area contributed by atoms with Gasteiger partial charge < -0.3 is 5.73 Å². The van der Waals surface area contributed by atoms with E-state index in [0.29, 0.717) is 5.92 Å². The van der Waals surface area contributed by atoms with Crippen molar-refractivity contribution in [1.29, 1.82) is 0 Å². The van der Waals surface area contributed by atoms with E-state index in [1.165, 1.54) is 19.3 Å².